The lowest BCUT2D eigenvalue weighted by atomic mass is 9.88. The topological polar surface area (TPSA) is 56.8 Å². The van der Waals surface area contributed by atoms with Gasteiger partial charge in [-0.2, -0.15) is 0 Å². The molecule has 1 aliphatic heterocycles. The van der Waals surface area contributed by atoms with Crippen LogP contribution < -0.4 is 14.8 Å². The number of rotatable bonds is 5. The van der Waals surface area contributed by atoms with Crippen molar-refractivity contribution in [2.24, 2.45) is 5.41 Å². The molecule has 1 heterocycles. The van der Waals surface area contributed by atoms with Gasteiger partial charge in [-0.25, -0.2) is 0 Å². The third kappa shape index (κ3) is 2.99. The first kappa shape index (κ1) is 14.9. The van der Waals surface area contributed by atoms with E-state index in [4.69, 9.17) is 25.8 Å². The number of hydrogen-bond donors (Lipinski definition) is 1. The lowest BCUT2D eigenvalue weighted by Crippen LogP contribution is -2.48. The van der Waals surface area contributed by atoms with Crippen molar-refractivity contribution in [1.82, 2.24) is 5.32 Å². The van der Waals surface area contributed by atoms with Gasteiger partial charge in [0.1, 0.15) is 0 Å². The van der Waals surface area contributed by atoms with Crippen LogP contribution in [0.2, 0.25) is 5.02 Å². The van der Waals surface area contributed by atoms with Gasteiger partial charge in [-0.15, -0.1) is 0 Å². The Morgan fingerprint density at radius 3 is 2.60 bits per heavy atom. The number of carbonyl (C=O) groups excluding carboxylic acids is 1. The van der Waals surface area contributed by atoms with E-state index >= 15 is 0 Å². The summed E-state index contributed by atoms with van der Waals surface area (Å²) in [4.78, 5) is 12.1. The first-order chi connectivity index (χ1) is 9.49. The van der Waals surface area contributed by atoms with E-state index in [1.54, 1.807) is 12.1 Å². The number of methoxy groups -OCH3 is 2. The van der Waals surface area contributed by atoms with Crippen molar-refractivity contribution in [3.05, 3.63) is 22.7 Å². The third-order valence-corrected chi connectivity index (χ3v) is 3.55. The summed E-state index contributed by atoms with van der Waals surface area (Å²) in [5.74, 6) is 0.661. The van der Waals surface area contributed by atoms with Crippen LogP contribution in [0.1, 0.15) is 17.3 Å². The van der Waals surface area contributed by atoms with Crippen LogP contribution in [0.15, 0.2) is 12.1 Å². The summed E-state index contributed by atoms with van der Waals surface area (Å²) in [6.45, 7) is 3.97. The van der Waals surface area contributed by atoms with Crippen molar-refractivity contribution < 1.29 is 19.0 Å². The van der Waals surface area contributed by atoms with Crippen LogP contribution in [0, 0.1) is 5.41 Å². The van der Waals surface area contributed by atoms with Crippen LogP contribution in [0.3, 0.4) is 0 Å². The Hall–Kier alpha value is -1.46. The van der Waals surface area contributed by atoms with Crippen molar-refractivity contribution in [3.63, 3.8) is 0 Å². The second-order valence-corrected chi connectivity index (χ2v) is 5.59. The van der Waals surface area contributed by atoms with Gasteiger partial charge < -0.3 is 19.5 Å². The zero-order valence-electron chi connectivity index (χ0n) is 11.8. The molecule has 0 aromatic heterocycles. The number of carbonyl (C=O) groups is 1. The van der Waals surface area contributed by atoms with Crippen LogP contribution in [0.25, 0.3) is 0 Å². The van der Waals surface area contributed by atoms with Crippen molar-refractivity contribution >= 4 is 17.5 Å². The quantitative estimate of drug-likeness (QED) is 0.905. The molecule has 0 atom stereocenters. The fourth-order valence-electron chi connectivity index (χ4n) is 2.00. The second-order valence-electron chi connectivity index (χ2n) is 5.18. The average Bonchev–Trinajstić information content (AvgIpc) is 2.41. The van der Waals surface area contributed by atoms with Gasteiger partial charge in [0.05, 0.1) is 32.5 Å². The minimum atomic E-state index is -0.194. The van der Waals surface area contributed by atoms with Crippen LogP contribution in [-0.4, -0.2) is 39.9 Å². The van der Waals surface area contributed by atoms with Gasteiger partial charge in [-0.1, -0.05) is 18.5 Å². The summed E-state index contributed by atoms with van der Waals surface area (Å²) in [5.41, 5.74) is 0.465. The summed E-state index contributed by atoms with van der Waals surface area (Å²) < 4.78 is 15.5. The molecule has 0 saturated carbocycles. The smallest absolute Gasteiger partial charge is 0.251 e. The van der Waals surface area contributed by atoms with Crippen LogP contribution >= 0.6 is 11.6 Å². The van der Waals surface area contributed by atoms with E-state index in [0.29, 0.717) is 41.8 Å². The molecule has 0 bridgehead atoms. The van der Waals surface area contributed by atoms with E-state index in [1.165, 1.54) is 14.2 Å². The lowest BCUT2D eigenvalue weighted by Gasteiger charge is -2.38. The maximum absolute atomic E-state index is 12.1. The molecule has 5 nitrogen and oxygen atoms in total. The Labute approximate surface area is 123 Å². The second kappa shape index (κ2) is 5.89. The molecule has 0 spiro atoms. The summed E-state index contributed by atoms with van der Waals surface area (Å²) in [6, 6.07) is 3.18. The van der Waals surface area contributed by atoms with Gasteiger partial charge in [-0.05, 0) is 12.1 Å². The molecule has 0 radical (unpaired) electrons. The van der Waals surface area contributed by atoms with Crippen molar-refractivity contribution in [2.75, 3.05) is 34.0 Å². The van der Waals surface area contributed by atoms with Crippen LogP contribution in [0.5, 0.6) is 11.5 Å². The molecule has 6 heteroatoms. The monoisotopic (exact) mass is 299 g/mol. The molecule has 1 aromatic carbocycles. The van der Waals surface area contributed by atoms with E-state index in [2.05, 4.69) is 12.2 Å². The average molecular weight is 300 g/mol. The SMILES string of the molecule is COc1cc(C(=O)NCC2(C)COC2)cc(Cl)c1OC. The van der Waals surface area contributed by atoms with Crippen molar-refractivity contribution in [1.29, 1.82) is 0 Å². The van der Waals surface area contributed by atoms with E-state index in [-0.39, 0.29) is 11.3 Å². The third-order valence-electron chi connectivity index (χ3n) is 3.27. The first-order valence-electron chi connectivity index (χ1n) is 6.26. The lowest BCUT2D eigenvalue weighted by molar-refractivity contribution is -0.0978. The molecular weight excluding hydrogens is 282 g/mol. The van der Waals surface area contributed by atoms with E-state index in [0.717, 1.165) is 0 Å². The van der Waals surface area contributed by atoms with Gasteiger partial charge in [0, 0.05) is 17.5 Å². The number of nitrogens with one attached hydrogen (secondary N) is 1. The Morgan fingerprint density at radius 1 is 1.40 bits per heavy atom. The van der Waals surface area contributed by atoms with E-state index < -0.39 is 0 Å². The van der Waals surface area contributed by atoms with Crippen molar-refractivity contribution in [2.45, 2.75) is 6.92 Å². The molecule has 0 aliphatic carbocycles. The van der Waals surface area contributed by atoms with Gasteiger partial charge in [-0.3, -0.25) is 4.79 Å². The first-order valence-corrected chi connectivity index (χ1v) is 6.64. The summed E-state index contributed by atoms with van der Waals surface area (Å²) in [7, 11) is 3.00. The van der Waals surface area contributed by atoms with Crippen LogP contribution in [0.4, 0.5) is 0 Å². The maximum atomic E-state index is 12.1. The predicted molar refractivity (Wildman–Crippen MR) is 75.8 cm³/mol. The van der Waals surface area contributed by atoms with Gasteiger partial charge in [0.15, 0.2) is 11.5 Å². The zero-order chi connectivity index (χ0) is 14.8. The summed E-state index contributed by atoms with van der Waals surface area (Å²) >= 11 is 6.08. The van der Waals surface area contributed by atoms with E-state index in [1.807, 2.05) is 0 Å². The molecule has 1 aliphatic rings. The summed E-state index contributed by atoms with van der Waals surface area (Å²) in [5, 5.41) is 3.23. The van der Waals surface area contributed by atoms with Gasteiger partial charge in [0.2, 0.25) is 0 Å². The highest BCUT2D eigenvalue weighted by molar-refractivity contribution is 6.32. The Kier molecular flexibility index (Phi) is 4.40. The molecule has 2 rings (SSSR count). The highest BCUT2D eigenvalue weighted by Gasteiger charge is 2.33. The molecular formula is C14H18ClNO4. The predicted octanol–water partition coefficient (Wildman–Crippen LogP) is 2.12. The minimum Gasteiger partial charge on any atom is -0.493 e. The fourth-order valence-corrected chi connectivity index (χ4v) is 2.29. The maximum Gasteiger partial charge on any atom is 0.251 e. The highest BCUT2D eigenvalue weighted by atomic mass is 35.5. The Bertz CT molecular complexity index is 514. The van der Waals surface area contributed by atoms with Gasteiger partial charge >= 0.3 is 0 Å². The fraction of sp³-hybridized carbons (Fsp3) is 0.500. The van der Waals surface area contributed by atoms with Crippen LogP contribution in [-0.2, 0) is 4.74 Å². The number of amides is 1. The molecule has 1 aromatic rings. The minimum absolute atomic E-state index is 0.0238. The number of ether oxygens (including phenoxy) is 3. The standard InChI is InChI=1S/C14H18ClNO4/c1-14(7-20-8-14)6-16-13(17)9-4-10(15)12(19-3)11(5-9)18-2/h4-5H,6-8H2,1-3H3,(H,16,17). The van der Waals surface area contributed by atoms with E-state index in [9.17, 15) is 4.79 Å². The molecule has 1 fully saturated rings. The molecule has 1 saturated heterocycles. The zero-order valence-corrected chi connectivity index (χ0v) is 12.5. The van der Waals surface area contributed by atoms with Crippen molar-refractivity contribution in [3.8, 4) is 11.5 Å². The normalized spacial score (nSPS) is 16.2. The molecule has 1 N–H and O–H groups in total. The molecule has 0 unspecified atom stereocenters. The largest absolute Gasteiger partial charge is 0.493 e. The Balaban J connectivity index is 2.11. The molecule has 110 valence electrons. The number of benzene rings is 1. The highest BCUT2D eigenvalue weighted by Crippen LogP contribution is 2.36. The van der Waals surface area contributed by atoms with Gasteiger partial charge in [0.25, 0.3) is 5.91 Å². The Morgan fingerprint density at radius 2 is 2.10 bits per heavy atom. The number of halogens is 1. The molecule has 1 amide bonds. The summed E-state index contributed by atoms with van der Waals surface area (Å²) in [6.07, 6.45) is 0. The number of hydrogen-bond acceptors (Lipinski definition) is 4. The molecule has 20 heavy (non-hydrogen) atoms.